The fraction of sp³-hybridized carbons (Fsp3) is 0.147. The number of Topliss-reactive ketones (excluding diaryl/α,β-unsaturated/α-hetero) is 1. The number of hydrogen-bond donors (Lipinski definition) is 0. The molecule has 0 radical (unpaired) electrons. The zero-order valence-corrected chi connectivity index (χ0v) is 22.4. The minimum absolute atomic E-state index is 0.0467. The van der Waals surface area contributed by atoms with E-state index in [9.17, 15) is 23.6 Å². The number of amides is 1. The Morgan fingerprint density at radius 2 is 1.64 bits per heavy atom. The van der Waals surface area contributed by atoms with Crippen molar-refractivity contribution in [2.45, 2.75) is 31.2 Å². The van der Waals surface area contributed by atoms with Gasteiger partial charge in [-0.25, -0.2) is 8.78 Å². The molecule has 6 nitrogen and oxygen atoms in total. The molecule has 8 heteroatoms. The van der Waals surface area contributed by atoms with Crippen molar-refractivity contribution in [1.29, 1.82) is 5.26 Å². The van der Waals surface area contributed by atoms with Gasteiger partial charge in [0.05, 0.1) is 17.8 Å². The van der Waals surface area contributed by atoms with Gasteiger partial charge in [-0.1, -0.05) is 42.5 Å². The maximum atomic E-state index is 15.0. The average Bonchev–Trinajstić information content (AvgIpc) is 3.61. The maximum absolute atomic E-state index is 15.0. The molecule has 3 aromatic carbocycles. The number of fused-ring (bicyclic) bond motifs is 3. The molecule has 0 saturated carbocycles. The standard InChI is InChI=1S/C34H24F2N4O2/c35-23-10-7-11-24(19-23)40-29-15-8-16-30(41)31(29)34(26(20-37)32(40)38-17-5-6-18-38)25-12-2-4-14-28(25)39(33(34)42)21-22-9-1-3-13-27(22)36/h1-7,9-14,17-19H,8,15-16,21H2/t34-/m1/s1. The molecule has 1 aromatic heterocycles. The highest BCUT2D eigenvalue weighted by Gasteiger charge is 2.62. The van der Waals surface area contributed by atoms with Gasteiger partial charge in [-0.15, -0.1) is 0 Å². The van der Waals surface area contributed by atoms with Crippen LogP contribution in [0.1, 0.15) is 30.4 Å². The molecule has 2 aliphatic heterocycles. The Bertz CT molecular complexity index is 1890. The van der Waals surface area contributed by atoms with Gasteiger partial charge in [0, 0.05) is 46.9 Å². The van der Waals surface area contributed by atoms with Crippen LogP contribution >= 0.6 is 0 Å². The third-order valence-electron chi connectivity index (χ3n) is 8.32. The minimum Gasteiger partial charge on any atom is -0.309 e. The van der Waals surface area contributed by atoms with E-state index < -0.39 is 23.0 Å². The summed E-state index contributed by atoms with van der Waals surface area (Å²) in [5, 5.41) is 11.0. The highest BCUT2D eigenvalue weighted by molar-refractivity contribution is 6.22. The van der Waals surface area contributed by atoms with Crippen molar-refractivity contribution < 1.29 is 18.4 Å². The van der Waals surface area contributed by atoms with E-state index in [1.54, 1.807) is 88.6 Å². The summed E-state index contributed by atoms with van der Waals surface area (Å²) in [5.74, 6) is -1.32. The number of rotatable bonds is 4. The molecule has 7 rings (SSSR count). The minimum atomic E-state index is -1.76. The summed E-state index contributed by atoms with van der Waals surface area (Å²) in [6.07, 6.45) is 4.69. The Morgan fingerprint density at radius 1 is 0.881 bits per heavy atom. The van der Waals surface area contributed by atoms with Crippen molar-refractivity contribution in [2.24, 2.45) is 0 Å². The second kappa shape index (κ2) is 9.67. The van der Waals surface area contributed by atoms with E-state index in [0.29, 0.717) is 46.9 Å². The maximum Gasteiger partial charge on any atom is 0.248 e. The third-order valence-corrected chi connectivity index (χ3v) is 8.32. The molecular formula is C34H24F2N4O2. The second-order valence-electron chi connectivity index (χ2n) is 10.6. The largest absolute Gasteiger partial charge is 0.309 e. The lowest BCUT2D eigenvalue weighted by molar-refractivity contribution is -0.124. The number of anilines is 2. The third kappa shape index (κ3) is 3.53. The van der Waals surface area contributed by atoms with Gasteiger partial charge in [0.1, 0.15) is 28.9 Å². The van der Waals surface area contributed by atoms with Crippen LogP contribution in [0.25, 0.3) is 5.82 Å². The number of carbonyl (C=O) groups is 2. The number of nitrogens with zero attached hydrogens (tertiary/aromatic N) is 4. The first-order valence-electron chi connectivity index (χ1n) is 13.7. The van der Waals surface area contributed by atoms with Gasteiger partial charge in [-0.05, 0) is 55.3 Å². The van der Waals surface area contributed by atoms with Crippen LogP contribution in [-0.2, 0) is 21.5 Å². The molecule has 0 unspecified atom stereocenters. The molecule has 1 spiro atoms. The number of carbonyl (C=O) groups excluding carboxylic acids is 2. The summed E-state index contributed by atoms with van der Waals surface area (Å²) in [4.78, 5) is 32.2. The van der Waals surface area contributed by atoms with Gasteiger partial charge < -0.3 is 9.47 Å². The molecule has 1 amide bonds. The number of allylic oxidation sites excluding steroid dienone is 1. The smallest absolute Gasteiger partial charge is 0.248 e. The molecular weight excluding hydrogens is 534 g/mol. The molecule has 0 saturated heterocycles. The van der Waals surface area contributed by atoms with E-state index in [1.807, 2.05) is 0 Å². The van der Waals surface area contributed by atoms with Gasteiger partial charge in [-0.2, -0.15) is 5.26 Å². The zero-order chi connectivity index (χ0) is 29.0. The molecule has 3 heterocycles. The van der Waals surface area contributed by atoms with Crippen molar-refractivity contribution in [2.75, 3.05) is 9.80 Å². The first-order valence-corrected chi connectivity index (χ1v) is 13.7. The van der Waals surface area contributed by atoms with Crippen LogP contribution in [0, 0.1) is 23.0 Å². The predicted molar refractivity (Wildman–Crippen MR) is 154 cm³/mol. The van der Waals surface area contributed by atoms with Crippen molar-refractivity contribution in [1.82, 2.24) is 4.57 Å². The van der Waals surface area contributed by atoms with E-state index in [4.69, 9.17) is 0 Å². The van der Waals surface area contributed by atoms with Crippen LogP contribution in [0.3, 0.4) is 0 Å². The average molecular weight is 559 g/mol. The first-order chi connectivity index (χ1) is 20.5. The first kappa shape index (κ1) is 25.7. The van der Waals surface area contributed by atoms with Crippen LogP contribution in [0.5, 0.6) is 0 Å². The summed E-state index contributed by atoms with van der Waals surface area (Å²) in [6.45, 7) is -0.0771. The SMILES string of the molecule is N#CC1=C(n2cccc2)N(c2cccc(F)c2)C2=C(C(=O)CCC2)[C@]12C(=O)N(Cc1ccccc1F)c1ccccc12. The lowest BCUT2D eigenvalue weighted by Crippen LogP contribution is -2.51. The van der Waals surface area contributed by atoms with E-state index in [-0.39, 0.29) is 29.9 Å². The van der Waals surface area contributed by atoms with Gasteiger partial charge in [0.2, 0.25) is 5.91 Å². The van der Waals surface area contributed by atoms with Gasteiger partial charge in [0.15, 0.2) is 5.78 Å². The van der Waals surface area contributed by atoms with Gasteiger partial charge in [-0.3, -0.25) is 14.5 Å². The lowest BCUT2D eigenvalue weighted by Gasteiger charge is -2.45. The van der Waals surface area contributed by atoms with Crippen LogP contribution in [-0.4, -0.2) is 16.3 Å². The number of aromatic nitrogens is 1. The summed E-state index contributed by atoms with van der Waals surface area (Å²) < 4.78 is 31.2. The van der Waals surface area contributed by atoms with E-state index in [1.165, 1.54) is 23.1 Å². The number of halogens is 2. The summed E-state index contributed by atoms with van der Waals surface area (Å²) in [5.41, 5.74) is 0.814. The van der Waals surface area contributed by atoms with Crippen LogP contribution in [0.15, 0.2) is 114 Å². The van der Waals surface area contributed by atoms with E-state index in [0.717, 1.165) is 0 Å². The zero-order valence-electron chi connectivity index (χ0n) is 22.4. The van der Waals surface area contributed by atoms with Crippen LogP contribution in [0.2, 0.25) is 0 Å². The van der Waals surface area contributed by atoms with Crippen LogP contribution < -0.4 is 9.80 Å². The summed E-state index contributed by atoms with van der Waals surface area (Å²) in [7, 11) is 0. The Morgan fingerprint density at radius 3 is 2.40 bits per heavy atom. The van der Waals surface area contributed by atoms with Crippen molar-refractivity contribution in [3.63, 3.8) is 0 Å². The molecule has 1 atom stereocenters. The van der Waals surface area contributed by atoms with Gasteiger partial charge >= 0.3 is 0 Å². The van der Waals surface area contributed by atoms with Gasteiger partial charge in [0.25, 0.3) is 0 Å². The fourth-order valence-electron chi connectivity index (χ4n) is 6.65. The molecule has 1 aliphatic carbocycles. The van der Waals surface area contributed by atoms with Crippen LogP contribution in [0.4, 0.5) is 20.2 Å². The summed E-state index contributed by atoms with van der Waals surface area (Å²) in [6, 6.07) is 25.2. The molecule has 0 bridgehead atoms. The Labute approximate surface area is 241 Å². The monoisotopic (exact) mass is 558 g/mol. The molecule has 42 heavy (non-hydrogen) atoms. The Balaban J connectivity index is 1.57. The molecule has 4 aromatic rings. The number of para-hydroxylation sites is 1. The highest BCUT2D eigenvalue weighted by atomic mass is 19.1. The molecule has 0 fully saturated rings. The van der Waals surface area contributed by atoms with E-state index in [2.05, 4.69) is 6.07 Å². The van der Waals surface area contributed by atoms with E-state index >= 15 is 0 Å². The summed E-state index contributed by atoms with van der Waals surface area (Å²) >= 11 is 0. The lowest BCUT2D eigenvalue weighted by atomic mass is 9.63. The van der Waals surface area contributed by atoms with Crippen molar-refractivity contribution in [3.8, 4) is 6.07 Å². The molecule has 3 aliphatic rings. The number of ketones is 1. The second-order valence-corrected chi connectivity index (χ2v) is 10.6. The number of hydrogen-bond acceptors (Lipinski definition) is 4. The molecule has 0 N–H and O–H groups in total. The Hall–Kier alpha value is -5.29. The van der Waals surface area contributed by atoms with Crippen molar-refractivity contribution in [3.05, 3.63) is 137 Å². The topological polar surface area (TPSA) is 69.3 Å². The number of nitriles is 1. The highest BCUT2D eigenvalue weighted by Crippen LogP contribution is 2.58. The predicted octanol–water partition coefficient (Wildman–Crippen LogP) is 6.47. The fourth-order valence-corrected chi connectivity index (χ4v) is 6.65. The molecule has 206 valence electrons. The van der Waals surface area contributed by atoms with Crippen molar-refractivity contribution >= 4 is 28.9 Å². The quantitative estimate of drug-likeness (QED) is 0.288. The number of benzene rings is 3. The Kier molecular flexibility index (Phi) is 5.91. The normalized spacial score (nSPS) is 19.8.